The number of hydrogen-bond donors (Lipinski definition) is 0. The monoisotopic (exact) mass is 479 g/mol. The fraction of sp³-hybridized carbons (Fsp3) is 0.143. The van der Waals surface area contributed by atoms with Crippen molar-refractivity contribution in [2.75, 3.05) is 9.96 Å². The molecule has 4 aromatic carbocycles. The lowest BCUT2D eigenvalue weighted by Crippen LogP contribution is -2.37. The third-order valence-corrected chi connectivity index (χ3v) is 6.84. The molecule has 0 unspecified atom stereocenters. The number of hydrogen-bond acceptors (Lipinski definition) is 6. The number of amides is 2. The van der Waals surface area contributed by atoms with Crippen molar-refractivity contribution in [2.45, 2.75) is 19.1 Å². The summed E-state index contributed by atoms with van der Waals surface area (Å²) in [4.78, 5) is 45.9. The molecule has 0 aliphatic carbocycles. The van der Waals surface area contributed by atoms with Gasteiger partial charge in [0, 0.05) is 17.5 Å². The zero-order valence-corrected chi connectivity index (χ0v) is 19.3. The lowest BCUT2D eigenvalue weighted by atomic mass is 9.90. The number of nitro groups is 1. The third kappa shape index (κ3) is 3.34. The summed E-state index contributed by atoms with van der Waals surface area (Å²) in [6, 6.07) is 26.1. The summed E-state index contributed by atoms with van der Waals surface area (Å²) in [5, 5.41) is 14.6. The van der Waals surface area contributed by atoms with Crippen LogP contribution in [0.3, 0.4) is 0 Å². The molecule has 6 rings (SSSR count). The van der Waals surface area contributed by atoms with Crippen LogP contribution in [0, 0.1) is 23.0 Å². The Morgan fingerprint density at radius 3 is 2.36 bits per heavy atom. The molecule has 2 amide bonds. The highest BCUT2D eigenvalue weighted by atomic mass is 16.7. The number of nitrogens with zero attached hydrogens (tertiary/aromatic N) is 3. The van der Waals surface area contributed by atoms with Gasteiger partial charge in [-0.15, -0.1) is 0 Å². The Balaban J connectivity index is 1.46. The van der Waals surface area contributed by atoms with Crippen LogP contribution in [-0.4, -0.2) is 22.8 Å². The predicted molar refractivity (Wildman–Crippen MR) is 134 cm³/mol. The van der Waals surface area contributed by atoms with Gasteiger partial charge in [-0.3, -0.25) is 24.5 Å². The summed E-state index contributed by atoms with van der Waals surface area (Å²) in [6.07, 6.45) is -1.05. The number of nitro benzene ring substituents is 1. The molecule has 0 N–H and O–H groups in total. The van der Waals surface area contributed by atoms with Crippen LogP contribution in [-0.2, 0) is 14.4 Å². The molecule has 8 nitrogen and oxygen atoms in total. The van der Waals surface area contributed by atoms with Crippen molar-refractivity contribution >= 4 is 39.6 Å². The van der Waals surface area contributed by atoms with Gasteiger partial charge in [-0.25, -0.2) is 9.96 Å². The van der Waals surface area contributed by atoms with Gasteiger partial charge in [-0.05, 0) is 30.0 Å². The van der Waals surface area contributed by atoms with E-state index in [9.17, 15) is 19.7 Å². The maximum absolute atomic E-state index is 13.9. The maximum Gasteiger partial charge on any atom is 0.271 e. The summed E-state index contributed by atoms with van der Waals surface area (Å²) < 4.78 is 0. The minimum Gasteiger partial charge on any atom is -0.273 e. The Labute approximate surface area is 206 Å². The van der Waals surface area contributed by atoms with Crippen LogP contribution in [0.1, 0.15) is 17.2 Å². The molecule has 178 valence electrons. The summed E-state index contributed by atoms with van der Waals surface area (Å²) in [6.45, 7) is 1.96. The number of hydroxylamine groups is 1. The number of carbonyl (C=O) groups excluding carboxylic acids is 2. The molecule has 0 aromatic heterocycles. The Bertz CT molecular complexity index is 1530. The lowest BCUT2D eigenvalue weighted by molar-refractivity contribution is -0.384. The van der Waals surface area contributed by atoms with Crippen LogP contribution in [0.25, 0.3) is 10.8 Å². The van der Waals surface area contributed by atoms with E-state index in [4.69, 9.17) is 4.84 Å². The van der Waals surface area contributed by atoms with E-state index in [1.54, 1.807) is 18.2 Å². The standard InChI is InChI=1S/C28H21N3O5/c1-17-12-14-19(15-13-17)25-24-26(36-30(25)20-8-5-9-21(16-20)31(34)35)28(33)29(27(24)32)23-11-4-7-18-6-2-3-10-22(18)23/h2-16,24-26H,1H3/t24-,25+,26+/m0/s1. The summed E-state index contributed by atoms with van der Waals surface area (Å²) in [5.41, 5.74) is 2.64. The van der Waals surface area contributed by atoms with Crippen LogP contribution >= 0.6 is 0 Å². The molecule has 2 aliphatic heterocycles. The van der Waals surface area contributed by atoms with E-state index in [1.165, 1.54) is 22.1 Å². The number of carbonyl (C=O) groups is 2. The first-order valence-electron chi connectivity index (χ1n) is 11.6. The second kappa shape index (κ2) is 8.28. The average Bonchev–Trinajstić information content (AvgIpc) is 3.40. The molecule has 36 heavy (non-hydrogen) atoms. The van der Waals surface area contributed by atoms with Crippen LogP contribution in [0.5, 0.6) is 0 Å². The highest BCUT2D eigenvalue weighted by molar-refractivity contribution is 6.26. The molecule has 0 spiro atoms. The second-order valence-electron chi connectivity index (χ2n) is 9.02. The van der Waals surface area contributed by atoms with Crippen molar-refractivity contribution in [3.05, 3.63) is 112 Å². The fourth-order valence-corrected chi connectivity index (χ4v) is 5.13. The molecule has 2 saturated heterocycles. The largest absolute Gasteiger partial charge is 0.273 e. The first kappa shape index (κ1) is 21.9. The van der Waals surface area contributed by atoms with Gasteiger partial charge >= 0.3 is 0 Å². The number of non-ortho nitro benzene ring substituents is 1. The summed E-state index contributed by atoms with van der Waals surface area (Å²) in [7, 11) is 0. The van der Waals surface area contributed by atoms with Crippen LogP contribution in [0.4, 0.5) is 17.1 Å². The normalized spacial score (nSPS) is 21.3. The van der Waals surface area contributed by atoms with E-state index < -0.39 is 28.9 Å². The number of aryl methyl sites for hydroxylation is 1. The van der Waals surface area contributed by atoms with E-state index in [1.807, 2.05) is 67.6 Å². The molecule has 0 bridgehead atoms. The molecule has 8 heteroatoms. The summed E-state index contributed by atoms with van der Waals surface area (Å²) in [5.74, 6) is -1.63. The Morgan fingerprint density at radius 2 is 1.58 bits per heavy atom. The van der Waals surface area contributed by atoms with Gasteiger partial charge in [0.25, 0.3) is 11.6 Å². The Hall–Kier alpha value is -4.56. The molecule has 0 saturated carbocycles. The fourth-order valence-electron chi connectivity index (χ4n) is 5.13. The van der Waals surface area contributed by atoms with Crippen molar-refractivity contribution in [1.29, 1.82) is 0 Å². The van der Waals surface area contributed by atoms with Crippen molar-refractivity contribution < 1.29 is 19.3 Å². The SMILES string of the molecule is Cc1ccc([C@@H]2[C@@H]3C(=O)N(c4cccc5ccccc45)C(=O)[C@@H]3ON2c2cccc([N+](=O)[O-])c2)cc1. The highest BCUT2D eigenvalue weighted by Gasteiger charge is 2.60. The second-order valence-corrected chi connectivity index (χ2v) is 9.02. The Kier molecular flexibility index (Phi) is 5.05. The minimum absolute atomic E-state index is 0.106. The smallest absolute Gasteiger partial charge is 0.271 e. The van der Waals surface area contributed by atoms with Gasteiger partial charge in [0.1, 0.15) is 5.92 Å². The van der Waals surface area contributed by atoms with Crippen LogP contribution in [0.15, 0.2) is 91.0 Å². The Morgan fingerprint density at radius 1 is 0.861 bits per heavy atom. The first-order valence-corrected chi connectivity index (χ1v) is 11.6. The van der Waals surface area contributed by atoms with Crippen molar-refractivity contribution in [2.24, 2.45) is 5.92 Å². The molecule has 2 fully saturated rings. The number of imide groups is 1. The predicted octanol–water partition coefficient (Wildman–Crippen LogP) is 5.11. The molecule has 0 radical (unpaired) electrons. The quantitative estimate of drug-likeness (QED) is 0.230. The van der Waals surface area contributed by atoms with Gasteiger partial charge < -0.3 is 0 Å². The summed E-state index contributed by atoms with van der Waals surface area (Å²) >= 11 is 0. The van der Waals surface area contributed by atoms with Gasteiger partial charge in [-0.1, -0.05) is 72.3 Å². The van der Waals surface area contributed by atoms with E-state index in [0.29, 0.717) is 11.4 Å². The number of anilines is 2. The van der Waals surface area contributed by atoms with Gasteiger partial charge in [0.05, 0.1) is 22.3 Å². The van der Waals surface area contributed by atoms with E-state index in [-0.39, 0.29) is 11.6 Å². The maximum atomic E-state index is 13.9. The van der Waals surface area contributed by atoms with E-state index >= 15 is 0 Å². The highest BCUT2D eigenvalue weighted by Crippen LogP contribution is 2.48. The zero-order valence-electron chi connectivity index (χ0n) is 19.3. The van der Waals surface area contributed by atoms with Gasteiger partial charge in [0.2, 0.25) is 5.91 Å². The van der Waals surface area contributed by atoms with Crippen molar-refractivity contribution in [3.63, 3.8) is 0 Å². The molecule has 3 atom stereocenters. The van der Waals surface area contributed by atoms with E-state index in [0.717, 1.165) is 21.9 Å². The number of rotatable bonds is 4. The van der Waals surface area contributed by atoms with E-state index in [2.05, 4.69) is 0 Å². The lowest BCUT2D eigenvalue weighted by Gasteiger charge is -2.29. The van der Waals surface area contributed by atoms with Crippen LogP contribution < -0.4 is 9.96 Å². The molecule has 2 aliphatic rings. The van der Waals surface area contributed by atoms with Crippen LogP contribution in [0.2, 0.25) is 0 Å². The minimum atomic E-state index is -1.05. The van der Waals surface area contributed by atoms with Crippen molar-refractivity contribution in [1.82, 2.24) is 0 Å². The molecular formula is C28H21N3O5. The van der Waals surface area contributed by atoms with Gasteiger partial charge in [0.15, 0.2) is 6.10 Å². The molecular weight excluding hydrogens is 458 g/mol. The third-order valence-electron chi connectivity index (χ3n) is 6.84. The molecule has 2 heterocycles. The zero-order chi connectivity index (χ0) is 25.0. The average molecular weight is 479 g/mol. The number of fused-ring (bicyclic) bond motifs is 2. The first-order chi connectivity index (χ1) is 17.4. The topological polar surface area (TPSA) is 93.0 Å². The molecule has 4 aromatic rings. The number of benzene rings is 4. The van der Waals surface area contributed by atoms with Gasteiger partial charge in [-0.2, -0.15) is 0 Å². The van der Waals surface area contributed by atoms with Crippen molar-refractivity contribution in [3.8, 4) is 0 Å².